The number of fused-ring (bicyclic) bond motifs is 2. The SMILES string of the molecule is C1=NCCN1c1c2ccccc2c(-n2cccn2)c2ccccc12. The average molecular weight is 312 g/mol. The van der Waals surface area contributed by atoms with Gasteiger partial charge in [0.05, 0.1) is 24.3 Å². The van der Waals surface area contributed by atoms with Crippen LogP contribution in [0.4, 0.5) is 5.69 Å². The second kappa shape index (κ2) is 5.20. The molecule has 1 aliphatic rings. The summed E-state index contributed by atoms with van der Waals surface area (Å²) in [6.45, 7) is 1.78. The van der Waals surface area contributed by atoms with Gasteiger partial charge in [-0.3, -0.25) is 4.99 Å². The number of hydrogen-bond donors (Lipinski definition) is 0. The molecular formula is C20H16N4. The molecule has 5 rings (SSSR count). The van der Waals surface area contributed by atoms with Gasteiger partial charge < -0.3 is 4.90 Å². The van der Waals surface area contributed by atoms with Crippen molar-refractivity contribution in [3.63, 3.8) is 0 Å². The van der Waals surface area contributed by atoms with Gasteiger partial charge in [-0.25, -0.2) is 4.68 Å². The molecule has 0 bridgehead atoms. The summed E-state index contributed by atoms with van der Waals surface area (Å²) in [5.74, 6) is 0. The lowest BCUT2D eigenvalue weighted by atomic mass is 9.97. The van der Waals surface area contributed by atoms with Crippen LogP contribution < -0.4 is 4.90 Å². The van der Waals surface area contributed by atoms with E-state index in [2.05, 4.69) is 63.5 Å². The minimum atomic E-state index is 0.851. The predicted octanol–water partition coefficient (Wildman–Crippen LogP) is 4.03. The highest BCUT2D eigenvalue weighted by Crippen LogP contribution is 2.40. The Morgan fingerprint density at radius 1 is 0.750 bits per heavy atom. The molecule has 4 heteroatoms. The van der Waals surface area contributed by atoms with Crippen molar-refractivity contribution in [2.45, 2.75) is 0 Å². The molecule has 4 nitrogen and oxygen atoms in total. The third-order valence-electron chi connectivity index (χ3n) is 4.59. The van der Waals surface area contributed by atoms with Gasteiger partial charge in [0.15, 0.2) is 0 Å². The summed E-state index contributed by atoms with van der Waals surface area (Å²) < 4.78 is 1.96. The molecule has 0 radical (unpaired) electrons. The molecule has 24 heavy (non-hydrogen) atoms. The molecule has 1 aliphatic heterocycles. The first kappa shape index (κ1) is 13.3. The van der Waals surface area contributed by atoms with E-state index in [9.17, 15) is 0 Å². The zero-order valence-electron chi connectivity index (χ0n) is 13.1. The van der Waals surface area contributed by atoms with E-state index in [4.69, 9.17) is 0 Å². The number of hydrogen-bond acceptors (Lipinski definition) is 3. The normalized spacial score (nSPS) is 14.1. The van der Waals surface area contributed by atoms with Crippen LogP contribution >= 0.6 is 0 Å². The molecule has 0 N–H and O–H groups in total. The van der Waals surface area contributed by atoms with Gasteiger partial charge in [0.25, 0.3) is 0 Å². The Kier molecular flexibility index (Phi) is 2.88. The lowest BCUT2D eigenvalue weighted by Gasteiger charge is -2.22. The van der Waals surface area contributed by atoms with Crippen LogP contribution in [0.25, 0.3) is 27.2 Å². The lowest BCUT2D eigenvalue weighted by Crippen LogP contribution is -2.19. The molecule has 0 amide bonds. The second-order valence-corrected chi connectivity index (χ2v) is 5.95. The zero-order chi connectivity index (χ0) is 15.9. The van der Waals surface area contributed by atoms with Crippen molar-refractivity contribution in [2.24, 2.45) is 4.99 Å². The van der Waals surface area contributed by atoms with Crippen molar-refractivity contribution in [1.82, 2.24) is 9.78 Å². The van der Waals surface area contributed by atoms with Crippen molar-refractivity contribution in [3.05, 3.63) is 67.0 Å². The van der Waals surface area contributed by atoms with E-state index in [0.717, 1.165) is 18.8 Å². The number of rotatable bonds is 2. The number of anilines is 1. The summed E-state index contributed by atoms with van der Waals surface area (Å²) >= 11 is 0. The van der Waals surface area contributed by atoms with Gasteiger partial charge in [-0.2, -0.15) is 5.10 Å². The Bertz CT molecular complexity index is 1010. The lowest BCUT2D eigenvalue weighted by molar-refractivity contribution is 0.894. The first-order valence-electron chi connectivity index (χ1n) is 8.13. The fraction of sp³-hybridized carbons (Fsp3) is 0.100. The van der Waals surface area contributed by atoms with E-state index in [1.54, 1.807) is 0 Å². The number of nitrogens with zero attached hydrogens (tertiary/aromatic N) is 4. The Labute approximate surface area is 139 Å². The molecule has 0 saturated heterocycles. The standard InChI is InChI=1S/C20H16N4/c1-3-8-17-15(6-1)19(23-13-11-21-14-23)16-7-2-4-9-18(16)20(17)24-12-5-10-22-24/h1-10,12,14H,11,13H2. The van der Waals surface area contributed by atoms with Crippen LogP contribution in [0.5, 0.6) is 0 Å². The monoisotopic (exact) mass is 312 g/mol. The molecule has 0 unspecified atom stereocenters. The first-order valence-corrected chi connectivity index (χ1v) is 8.13. The van der Waals surface area contributed by atoms with E-state index < -0.39 is 0 Å². The molecule has 0 spiro atoms. The maximum atomic E-state index is 4.49. The number of aromatic nitrogens is 2. The Hall–Kier alpha value is -3.14. The molecule has 116 valence electrons. The molecule has 0 atom stereocenters. The summed E-state index contributed by atoms with van der Waals surface area (Å²) in [5, 5.41) is 9.36. The minimum Gasteiger partial charge on any atom is -0.330 e. The van der Waals surface area contributed by atoms with Crippen molar-refractivity contribution >= 4 is 33.6 Å². The van der Waals surface area contributed by atoms with Gasteiger partial charge in [-0.15, -0.1) is 0 Å². The van der Waals surface area contributed by atoms with E-state index in [1.165, 1.54) is 27.2 Å². The van der Waals surface area contributed by atoms with Crippen molar-refractivity contribution in [1.29, 1.82) is 0 Å². The van der Waals surface area contributed by atoms with Crippen molar-refractivity contribution in [2.75, 3.05) is 18.0 Å². The summed E-state index contributed by atoms with van der Waals surface area (Å²) in [6, 6.07) is 19.1. The van der Waals surface area contributed by atoms with Crippen LogP contribution in [0, 0.1) is 0 Å². The largest absolute Gasteiger partial charge is 0.330 e. The second-order valence-electron chi connectivity index (χ2n) is 5.95. The highest BCUT2D eigenvalue weighted by Gasteiger charge is 2.19. The summed E-state index contributed by atoms with van der Waals surface area (Å²) in [4.78, 5) is 6.67. The van der Waals surface area contributed by atoms with Gasteiger partial charge in [0.1, 0.15) is 0 Å². The fourth-order valence-electron chi connectivity index (χ4n) is 3.59. The first-order chi connectivity index (χ1) is 11.9. The van der Waals surface area contributed by atoms with Gasteiger partial charge in [-0.05, 0) is 6.07 Å². The maximum absolute atomic E-state index is 4.49. The average Bonchev–Trinajstić information content (AvgIpc) is 3.33. The summed E-state index contributed by atoms with van der Waals surface area (Å²) in [6.07, 6.45) is 5.79. The maximum Gasteiger partial charge on any atom is 0.0896 e. The van der Waals surface area contributed by atoms with Crippen molar-refractivity contribution in [3.8, 4) is 5.69 Å². The topological polar surface area (TPSA) is 33.4 Å². The molecule has 0 fully saturated rings. The molecule has 2 heterocycles. The Morgan fingerprint density at radius 2 is 1.38 bits per heavy atom. The summed E-state index contributed by atoms with van der Waals surface area (Å²) in [5.41, 5.74) is 2.37. The van der Waals surface area contributed by atoms with E-state index in [1.807, 2.05) is 29.5 Å². The van der Waals surface area contributed by atoms with Crippen LogP contribution in [-0.4, -0.2) is 29.2 Å². The van der Waals surface area contributed by atoms with Crippen LogP contribution in [0.15, 0.2) is 72.0 Å². The molecular weight excluding hydrogens is 296 g/mol. The van der Waals surface area contributed by atoms with Crippen LogP contribution in [0.1, 0.15) is 0 Å². The minimum absolute atomic E-state index is 0.851. The summed E-state index contributed by atoms with van der Waals surface area (Å²) in [7, 11) is 0. The van der Waals surface area contributed by atoms with Crippen LogP contribution in [0.3, 0.4) is 0 Å². The molecule has 0 saturated carbocycles. The molecule has 4 aromatic rings. The Morgan fingerprint density at radius 3 is 1.88 bits per heavy atom. The van der Waals surface area contributed by atoms with E-state index in [-0.39, 0.29) is 0 Å². The van der Waals surface area contributed by atoms with Gasteiger partial charge in [-0.1, -0.05) is 48.5 Å². The molecule has 0 aliphatic carbocycles. The third-order valence-corrected chi connectivity index (χ3v) is 4.59. The highest BCUT2D eigenvalue weighted by atomic mass is 15.3. The highest BCUT2D eigenvalue weighted by molar-refractivity contribution is 6.19. The number of benzene rings is 3. The molecule has 1 aromatic heterocycles. The smallest absolute Gasteiger partial charge is 0.0896 e. The van der Waals surface area contributed by atoms with Crippen LogP contribution in [-0.2, 0) is 0 Å². The van der Waals surface area contributed by atoms with Gasteiger partial charge in [0, 0.05) is 40.5 Å². The number of aliphatic imine (C=N–C) groups is 1. The third kappa shape index (κ3) is 1.86. The quantitative estimate of drug-likeness (QED) is 0.524. The van der Waals surface area contributed by atoms with Crippen LogP contribution in [0.2, 0.25) is 0 Å². The van der Waals surface area contributed by atoms with Gasteiger partial charge in [0.2, 0.25) is 0 Å². The zero-order valence-corrected chi connectivity index (χ0v) is 13.1. The van der Waals surface area contributed by atoms with Crippen molar-refractivity contribution < 1.29 is 0 Å². The van der Waals surface area contributed by atoms with Gasteiger partial charge >= 0.3 is 0 Å². The Balaban J connectivity index is 1.99. The molecule has 3 aromatic carbocycles. The fourth-order valence-corrected chi connectivity index (χ4v) is 3.59. The van der Waals surface area contributed by atoms with E-state index >= 15 is 0 Å². The van der Waals surface area contributed by atoms with E-state index in [0.29, 0.717) is 0 Å². The predicted molar refractivity (Wildman–Crippen MR) is 99.3 cm³/mol.